The Morgan fingerprint density at radius 3 is 2.33 bits per heavy atom. The van der Waals surface area contributed by atoms with Crippen molar-refractivity contribution in [2.45, 2.75) is 20.3 Å². The number of hydrogen-bond donors (Lipinski definition) is 1. The largest absolute Gasteiger partial charge is 0.341 e. The number of carbonyl (C=O) groups is 2. The molecule has 1 N–H and O–H groups in total. The van der Waals surface area contributed by atoms with Crippen LogP contribution in [0.4, 0.5) is 5.69 Å². The zero-order valence-corrected chi connectivity index (χ0v) is 14.4. The van der Waals surface area contributed by atoms with Gasteiger partial charge in [0.25, 0.3) is 0 Å². The molecule has 5 heteroatoms. The smallest absolute Gasteiger partial charge is 0.239 e. The van der Waals surface area contributed by atoms with Crippen molar-refractivity contribution < 1.29 is 9.59 Å². The zero-order valence-electron chi connectivity index (χ0n) is 14.4. The number of anilines is 1. The molecule has 1 unspecified atom stereocenters. The number of carbonyl (C=O) groups excluding carboxylic acids is 2. The van der Waals surface area contributed by atoms with Crippen LogP contribution in [0.3, 0.4) is 0 Å². The maximum Gasteiger partial charge on any atom is 0.239 e. The molecule has 5 nitrogen and oxygen atoms in total. The highest BCUT2D eigenvalue weighted by atomic mass is 16.2. The molecule has 3 aliphatic rings. The fourth-order valence-electron chi connectivity index (χ4n) is 4.53. The predicted molar refractivity (Wildman–Crippen MR) is 92.8 cm³/mol. The summed E-state index contributed by atoms with van der Waals surface area (Å²) in [5.41, 5.74) is 3.22. The van der Waals surface area contributed by atoms with Gasteiger partial charge in [-0.1, -0.05) is 6.07 Å². The second kappa shape index (κ2) is 5.88. The Morgan fingerprint density at radius 1 is 1.08 bits per heavy atom. The SMILES string of the molecule is Cc1cc(C)cc(N2CCC(C(=O)N3C[C@H]4CNC[C@H]4C3)C2=O)c1. The first-order valence-corrected chi connectivity index (χ1v) is 8.92. The third kappa shape index (κ3) is 2.61. The average Bonchev–Trinajstić information content (AvgIpc) is 3.19. The number of nitrogens with one attached hydrogen (secondary N) is 1. The molecule has 0 saturated carbocycles. The van der Waals surface area contributed by atoms with Gasteiger partial charge >= 0.3 is 0 Å². The number of amides is 2. The minimum atomic E-state index is -0.488. The molecule has 3 saturated heterocycles. The van der Waals surface area contributed by atoms with E-state index >= 15 is 0 Å². The van der Waals surface area contributed by atoms with E-state index in [2.05, 4.69) is 11.4 Å². The Hall–Kier alpha value is -1.88. The maximum atomic E-state index is 12.9. The van der Waals surface area contributed by atoms with Crippen LogP contribution in [0.15, 0.2) is 18.2 Å². The van der Waals surface area contributed by atoms with Crippen LogP contribution in [0.5, 0.6) is 0 Å². The van der Waals surface area contributed by atoms with Crippen molar-refractivity contribution in [3.8, 4) is 0 Å². The van der Waals surface area contributed by atoms with Gasteiger partial charge in [0.15, 0.2) is 0 Å². The first-order valence-electron chi connectivity index (χ1n) is 8.92. The molecular weight excluding hydrogens is 302 g/mol. The summed E-state index contributed by atoms with van der Waals surface area (Å²) >= 11 is 0. The molecular formula is C19H25N3O2. The number of benzene rings is 1. The molecule has 0 bridgehead atoms. The van der Waals surface area contributed by atoms with Crippen molar-refractivity contribution in [3.05, 3.63) is 29.3 Å². The van der Waals surface area contributed by atoms with Crippen LogP contribution in [0.1, 0.15) is 17.5 Å². The van der Waals surface area contributed by atoms with E-state index in [-0.39, 0.29) is 11.8 Å². The van der Waals surface area contributed by atoms with Gasteiger partial charge in [0.1, 0.15) is 5.92 Å². The summed E-state index contributed by atoms with van der Waals surface area (Å²) < 4.78 is 0. The number of hydrogen-bond acceptors (Lipinski definition) is 3. The van der Waals surface area contributed by atoms with E-state index in [0.29, 0.717) is 24.8 Å². The lowest BCUT2D eigenvalue weighted by atomic mass is 10.0. The second-order valence-electron chi connectivity index (χ2n) is 7.60. The van der Waals surface area contributed by atoms with Gasteiger partial charge in [0, 0.05) is 38.4 Å². The molecule has 0 aliphatic carbocycles. The molecule has 1 aromatic carbocycles. The van der Waals surface area contributed by atoms with E-state index < -0.39 is 5.92 Å². The Kier molecular flexibility index (Phi) is 3.83. The topological polar surface area (TPSA) is 52.7 Å². The van der Waals surface area contributed by atoms with Gasteiger partial charge in [0.2, 0.25) is 11.8 Å². The third-order valence-corrected chi connectivity index (χ3v) is 5.72. The maximum absolute atomic E-state index is 12.9. The third-order valence-electron chi connectivity index (χ3n) is 5.72. The molecule has 4 rings (SSSR count). The van der Waals surface area contributed by atoms with Gasteiger partial charge in [-0.15, -0.1) is 0 Å². The minimum absolute atomic E-state index is 0.0276. The van der Waals surface area contributed by atoms with Crippen molar-refractivity contribution in [3.63, 3.8) is 0 Å². The average molecular weight is 327 g/mol. The number of fused-ring (bicyclic) bond motifs is 1. The van der Waals surface area contributed by atoms with Crippen LogP contribution in [-0.2, 0) is 9.59 Å². The molecule has 1 aromatic rings. The van der Waals surface area contributed by atoms with Crippen LogP contribution >= 0.6 is 0 Å². The Bertz CT molecular complexity index is 655. The highest BCUT2D eigenvalue weighted by Gasteiger charge is 2.44. The standard InChI is InChI=1S/C19H25N3O2/c1-12-5-13(2)7-16(6-12)22-4-3-17(19(22)24)18(23)21-10-14-8-20-9-15(14)11-21/h5-7,14-15,17,20H,3-4,8-11H2,1-2H3/t14-,15+,17?. The van der Waals surface area contributed by atoms with Crippen LogP contribution < -0.4 is 10.2 Å². The second-order valence-corrected chi connectivity index (χ2v) is 7.60. The summed E-state index contributed by atoms with van der Waals surface area (Å²) in [4.78, 5) is 29.4. The van der Waals surface area contributed by atoms with Crippen molar-refractivity contribution >= 4 is 17.5 Å². The summed E-state index contributed by atoms with van der Waals surface area (Å²) in [7, 11) is 0. The lowest BCUT2D eigenvalue weighted by Crippen LogP contribution is -2.40. The van der Waals surface area contributed by atoms with Crippen molar-refractivity contribution in [1.29, 1.82) is 0 Å². The summed E-state index contributed by atoms with van der Waals surface area (Å²) in [5, 5.41) is 3.39. The summed E-state index contributed by atoms with van der Waals surface area (Å²) in [6, 6.07) is 6.16. The lowest BCUT2D eigenvalue weighted by molar-refractivity contribution is -0.139. The Morgan fingerprint density at radius 2 is 1.71 bits per heavy atom. The van der Waals surface area contributed by atoms with E-state index in [1.54, 1.807) is 4.90 Å². The van der Waals surface area contributed by atoms with Crippen molar-refractivity contribution in [1.82, 2.24) is 10.2 Å². The van der Waals surface area contributed by atoms with Gasteiger partial charge in [-0.05, 0) is 55.4 Å². The van der Waals surface area contributed by atoms with E-state index in [1.807, 2.05) is 30.9 Å². The molecule has 0 radical (unpaired) electrons. The zero-order chi connectivity index (χ0) is 16.8. The molecule has 0 spiro atoms. The van der Waals surface area contributed by atoms with E-state index in [9.17, 15) is 9.59 Å². The quantitative estimate of drug-likeness (QED) is 0.834. The minimum Gasteiger partial charge on any atom is -0.341 e. The predicted octanol–water partition coefficient (Wildman–Crippen LogP) is 1.33. The van der Waals surface area contributed by atoms with Gasteiger partial charge in [-0.2, -0.15) is 0 Å². The molecule has 24 heavy (non-hydrogen) atoms. The number of likely N-dealkylation sites (tertiary alicyclic amines) is 1. The molecule has 0 aromatic heterocycles. The van der Waals surface area contributed by atoms with Gasteiger partial charge in [0.05, 0.1) is 0 Å². The van der Waals surface area contributed by atoms with Gasteiger partial charge in [-0.3, -0.25) is 9.59 Å². The van der Waals surface area contributed by atoms with E-state index in [1.165, 1.54) is 0 Å². The fourth-order valence-corrected chi connectivity index (χ4v) is 4.53. The lowest BCUT2D eigenvalue weighted by Gasteiger charge is -2.22. The van der Waals surface area contributed by atoms with Crippen molar-refractivity contribution in [2.75, 3.05) is 37.6 Å². The molecule has 3 fully saturated rings. The summed E-state index contributed by atoms with van der Waals surface area (Å²) in [6.07, 6.45) is 0.634. The first-order chi connectivity index (χ1) is 11.5. The number of rotatable bonds is 2. The molecule has 3 heterocycles. The fraction of sp³-hybridized carbons (Fsp3) is 0.579. The summed E-state index contributed by atoms with van der Waals surface area (Å²) in [5.74, 6) is 0.668. The van der Waals surface area contributed by atoms with E-state index in [0.717, 1.165) is 43.0 Å². The highest BCUT2D eigenvalue weighted by molar-refractivity contribution is 6.09. The first kappa shape index (κ1) is 15.6. The van der Waals surface area contributed by atoms with Crippen LogP contribution in [0.2, 0.25) is 0 Å². The molecule has 2 amide bonds. The number of aryl methyl sites for hydroxylation is 2. The Balaban J connectivity index is 1.48. The van der Waals surface area contributed by atoms with Crippen LogP contribution in [-0.4, -0.2) is 49.4 Å². The molecule has 3 atom stereocenters. The molecule has 3 aliphatic heterocycles. The van der Waals surface area contributed by atoms with Gasteiger partial charge in [-0.25, -0.2) is 0 Å². The van der Waals surface area contributed by atoms with Crippen LogP contribution in [0.25, 0.3) is 0 Å². The van der Waals surface area contributed by atoms with E-state index in [4.69, 9.17) is 0 Å². The summed E-state index contributed by atoms with van der Waals surface area (Å²) in [6.45, 7) is 8.34. The molecule has 128 valence electrons. The Labute approximate surface area is 143 Å². The van der Waals surface area contributed by atoms with Crippen molar-refractivity contribution in [2.24, 2.45) is 17.8 Å². The van der Waals surface area contributed by atoms with Gasteiger partial charge < -0.3 is 15.1 Å². The normalized spacial score (nSPS) is 29.4. The highest BCUT2D eigenvalue weighted by Crippen LogP contribution is 2.32. The van der Waals surface area contributed by atoms with Crippen LogP contribution in [0, 0.1) is 31.6 Å². The monoisotopic (exact) mass is 327 g/mol. The number of nitrogens with zero attached hydrogens (tertiary/aromatic N) is 2.